The molecule has 0 atom stereocenters. The van der Waals surface area contributed by atoms with E-state index in [1.54, 1.807) is 42.6 Å². The van der Waals surface area contributed by atoms with E-state index >= 15 is 0 Å². The van der Waals surface area contributed by atoms with Crippen molar-refractivity contribution in [3.8, 4) is 17.2 Å². The zero-order chi connectivity index (χ0) is 19.8. The number of aromatic nitrogens is 1. The molecule has 1 heterocycles. The Morgan fingerprint density at radius 2 is 1.82 bits per heavy atom. The van der Waals surface area contributed by atoms with E-state index < -0.39 is 5.97 Å². The molecule has 0 unspecified atom stereocenters. The van der Waals surface area contributed by atoms with Crippen LogP contribution in [0.3, 0.4) is 0 Å². The average molecular weight is 396 g/mol. The maximum absolute atomic E-state index is 12.1. The minimum Gasteiger partial charge on any atom is -0.493 e. The summed E-state index contributed by atoms with van der Waals surface area (Å²) in [5.74, 6) is 0.609. The van der Waals surface area contributed by atoms with Crippen molar-refractivity contribution in [3.63, 3.8) is 0 Å². The first-order valence-electron chi connectivity index (χ1n) is 8.51. The second-order valence-corrected chi connectivity index (χ2v) is 6.10. The fraction of sp³-hybridized carbons (Fsp3) is 0.0909. The number of esters is 1. The summed E-state index contributed by atoms with van der Waals surface area (Å²) < 4.78 is 16.1. The van der Waals surface area contributed by atoms with Gasteiger partial charge in [-0.05, 0) is 48.0 Å². The van der Waals surface area contributed by atoms with Gasteiger partial charge in [0.15, 0.2) is 18.1 Å². The van der Waals surface area contributed by atoms with Crippen molar-refractivity contribution in [2.75, 3.05) is 13.7 Å². The third-order valence-corrected chi connectivity index (χ3v) is 4.04. The number of hydrogen-bond donors (Lipinski definition) is 0. The number of nitrogens with zero attached hydrogens (tertiary/aromatic N) is 1. The highest BCUT2D eigenvalue weighted by Crippen LogP contribution is 2.29. The van der Waals surface area contributed by atoms with Crippen molar-refractivity contribution in [2.45, 2.75) is 0 Å². The highest BCUT2D eigenvalue weighted by molar-refractivity contribution is 6.32. The van der Waals surface area contributed by atoms with Crippen molar-refractivity contribution < 1.29 is 19.0 Å². The Hall–Kier alpha value is -3.31. The topological polar surface area (TPSA) is 57.7 Å². The number of carbonyl (C=O) groups is 1. The third-order valence-electron chi connectivity index (χ3n) is 3.73. The molecule has 0 aliphatic heterocycles. The molecule has 0 saturated heterocycles. The van der Waals surface area contributed by atoms with Gasteiger partial charge < -0.3 is 14.2 Å². The molecule has 28 heavy (non-hydrogen) atoms. The molecule has 6 heteroatoms. The molecule has 0 fully saturated rings. The summed E-state index contributed by atoms with van der Waals surface area (Å²) in [6.45, 7) is -0.270. The molecule has 2 aromatic carbocycles. The van der Waals surface area contributed by atoms with Gasteiger partial charge in [0.05, 0.1) is 17.8 Å². The molecule has 0 amide bonds. The first-order valence-corrected chi connectivity index (χ1v) is 8.88. The Bertz CT molecular complexity index is 973. The van der Waals surface area contributed by atoms with Gasteiger partial charge in [0, 0.05) is 6.20 Å². The Kier molecular flexibility index (Phi) is 6.65. The molecule has 0 aliphatic rings. The SMILES string of the molecule is COc1cc(/C=C/c2ccccn2)ccc1OC(=O)COc1ccccc1Cl. The molecule has 0 saturated carbocycles. The van der Waals surface area contributed by atoms with Crippen LogP contribution in [0.2, 0.25) is 5.02 Å². The number of hydrogen-bond acceptors (Lipinski definition) is 5. The first kappa shape index (κ1) is 19.5. The maximum atomic E-state index is 12.1. The normalized spacial score (nSPS) is 10.6. The standard InChI is InChI=1S/C22H18ClNO4/c1-26-21-14-16(9-11-17-6-4-5-13-24-17)10-12-20(21)28-22(25)15-27-19-8-3-2-7-18(19)23/h2-14H,15H2,1H3/b11-9+. The highest BCUT2D eigenvalue weighted by atomic mass is 35.5. The molecule has 0 N–H and O–H groups in total. The average Bonchev–Trinajstić information content (AvgIpc) is 2.73. The Morgan fingerprint density at radius 1 is 1.00 bits per heavy atom. The fourth-order valence-electron chi connectivity index (χ4n) is 2.38. The van der Waals surface area contributed by atoms with Crippen LogP contribution in [0.5, 0.6) is 17.2 Å². The van der Waals surface area contributed by atoms with Crippen molar-refractivity contribution >= 4 is 29.7 Å². The summed E-state index contributed by atoms with van der Waals surface area (Å²) in [6, 6.07) is 17.9. The molecule has 142 valence electrons. The van der Waals surface area contributed by atoms with Crippen molar-refractivity contribution in [1.82, 2.24) is 4.98 Å². The van der Waals surface area contributed by atoms with Crippen LogP contribution in [-0.2, 0) is 4.79 Å². The van der Waals surface area contributed by atoms with E-state index in [-0.39, 0.29) is 6.61 Å². The van der Waals surface area contributed by atoms with Crippen molar-refractivity contribution in [3.05, 3.63) is 83.1 Å². The van der Waals surface area contributed by atoms with E-state index in [2.05, 4.69) is 4.98 Å². The fourth-order valence-corrected chi connectivity index (χ4v) is 2.57. The molecular weight excluding hydrogens is 378 g/mol. The zero-order valence-electron chi connectivity index (χ0n) is 15.2. The summed E-state index contributed by atoms with van der Waals surface area (Å²) >= 11 is 6.00. The maximum Gasteiger partial charge on any atom is 0.349 e. The molecule has 0 bridgehead atoms. The number of rotatable bonds is 7. The molecule has 3 rings (SSSR count). The monoisotopic (exact) mass is 395 g/mol. The molecule has 0 radical (unpaired) electrons. The van der Waals surface area contributed by atoms with Crippen LogP contribution in [0.1, 0.15) is 11.3 Å². The van der Waals surface area contributed by atoms with Crippen molar-refractivity contribution in [1.29, 1.82) is 0 Å². The Morgan fingerprint density at radius 3 is 2.57 bits per heavy atom. The van der Waals surface area contributed by atoms with Crippen LogP contribution in [0, 0.1) is 0 Å². The summed E-state index contributed by atoms with van der Waals surface area (Å²) in [4.78, 5) is 16.3. The summed E-state index contributed by atoms with van der Waals surface area (Å²) in [6.07, 6.45) is 5.52. The smallest absolute Gasteiger partial charge is 0.349 e. The summed E-state index contributed by atoms with van der Waals surface area (Å²) in [5, 5.41) is 0.428. The number of halogens is 1. The van der Waals surface area contributed by atoms with Gasteiger partial charge in [-0.25, -0.2) is 4.79 Å². The molecule has 3 aromatic rings. The number of para-hydroxylation sites is 1. The van der Waals surface area contributed by atoms with E-state index in [9.17, 15) is 4.79 Å². The van der Waals surface area contributed by atoms with Gasteiger partial charge in [-0.1, -0.05) is 41.9 Å². The molecule has 0 spiro atoms. The van der Waals surface area contributed by atoms with Crippen LogP contribution in [0.25, 0.3) is 12.2 Å². The van der Waals surface area contributed by atoms with Gasteiger partial charge in [0.1, 0.15) is 5.75 Å². The number of pyridine rings is 1. The van der Waals surface area contributed by atoms with Crippen LogP contribution < -0.4 is 14.2 Å². The zero-order valence-corrected chi connectivity index (χ0v) is 15.9. The van der Waals surface area contributed by atoms with Gasteiger partial charge in [-0.15, -0.1) is 0 Å². The van der Waals surface area contributed by atoms with Gasteiger partial charge >= 0.3 is 5.97 Å². The lowest BCUT2D eigenvalue weighted by atomic mass is 10.1. The number of benzene rings is 2. The summed E-state index contributed by atoms with van der Waals surface area (Å²) in [7, 11) is 1.51. The quantitative estimate of drug-likeness (QED) is 0.420. The predicted octanol–water partition coefficient (Wildman–Crippen LogP) is 4.90. The van der Waals surface area contributed by atoms with E-state index in [0.29, 0.717) is 22.3 Å². The minimum atomic E-state index is -0.560. The third kappa shape index (κ3) is 5.34. The van der Waals surface area contributed by atoms with Crippen LogP contribution in [0.4, 0.5) is 0 Å². The Balaban J connectivity index is 1.64. The van der Waals surface area contributed by atoms with Crippen LogP contribution >= 0.6 is 11.6 Å². The number of ether oxygens (including phenoxy) is 3. The lowest BCUT2D eigenvalue weighted by Gasteiger charge is -2.11. The van der Waals surface area contributed by atoms with Gasteiger partial charge in [-0.2, -0.15) is 0 Å². The van der Waals surface area contributed by atoms with Gasteiger partial charge in [0.2, 0.25) is 0 Å². The van der Waals surface area contributed by atoms with Crippen molar-refractivity contribution in [2.24, 2.45) is 0 Å². The van der Waals surface area contributed by atoms with Gasteiger partial charge in [-0.3, -0.25) is 4.98 Å². The molecular formula is C22H18ClNO4. The molecule has 1 aromatic heterocycles. The second-order valence-electron chi connectivity index (χ2n) is 5.69. The lowest BCUT2D eigenvalue weighted by molar-refractivity contribution is -0.136. The van der Waals surface area contributed by atoms with Crippen LogP contribution in [-0.4, -0.2) is 24.7 Å². The number of methoxy groups -OCH3 is 1. The van der Waals surface area contributed by atoms with E-state index in [4.69, 9.17) is 25.8 Å². The van der Waals surface area contributed by atoms with Crippen LogP contribution in [0.15, 0.2) is 66.9 Å². The predicted molar refractivity (Wildman–Crippen MR) is 109 cm³/mol. The largest absolute Gasteiger partial charge is 0.493 e. The summed E-state index contributed by atoms with van der Waals surface area (Å²) in [5.41, 5.74) is 1.73. The molecule has 0 aliphatic carbocycles. The van der Waals surface area contributed by atoms with Gasteiger partial charge in [0.25, 0.3) is 0 Å². The number of carbonyl (C=O) groups excluding carboxylic acids is 1. The van der Waals surface area contributed by atoms with E-state index in [1.807, 2.05) is 36.4 Å². The molecule has 5 nitrogen and oxygen atoms in total. The minimum absolute atomic E-state index is 0.270. The first-order chi connectivity index (χ1) is 13.7. The van der Waals surface area contributed by atoms with E-state index in [0.717, 1.165) is 11.3 Å². The second kappa shape index (κ2) is 9.58. The highest BCUT2D eigenvalue weighted by Gasteiger charge is 2.12. The van der Waals surface area contributed by atoms with E-state index in [1.165, 1.54) is 7.11 Å². The lowest BCUT2D eigenvalue weighted by Crippen LogP contribution is -2.18. The Labute approximate surface area is 168 Å².